The van der Waals surface area contributed by atoms with Crippen LogP contribution in [0.1, 0.15) is 23.7 Å². The Hall–Kier alpha value is -2.61. The van der Waals surface area contributed by atoms with E-state index in [1.165, 1.54) is 0 Å². The molecular formula is C21H20As2N2O8S. The molecule has 2 atom stereocenters. The monoisotopic (exact) mass is 610 g/mol. The van der Waals surface area contributed by atoms with Gasteiger partial charge in [-0.05, 0) is 0 Å². The van der Waals surface area contributed by atoms with Crippen LogP contribution in [0.3, 0.4) is 0 Å². The van der Waals surface area contributed by atoms with Crippen LogP contribution in [0.25, 0.3) is 0 Å². The van der Waals surface area contributed by atoms with Crippen LogP contribution in [0, 0.1) is 0 Å². The molecular weight excluding hydrogens is 590 g/mol. The first kappa shape index (κ1) is 27.6. The molecule has 2 rings (SSSR count). The Labute approximate surface area is 212 Å². The van der Waals surface area contributed by atoms with Gasteiger partial charge in [-0.15, -0.1) is 0 Å². The predicted octanol–water partition coefficient (Wildman–Crippen LogP) is -0.116. The third-order valence-corrected chi connectivity index (χ3v) is 7.98. The average molecular weight is 610 g/mol. The van der Waals surface area contributed by atoms with Crippen LogP contribution in [-0.4, -0.2) is 77.1 Å². The first-order chi connectivity index (χ1) is 16.2. The van der Waals surface area contributed by atoms with Gasteiger partial charge in [0.05, 0.1) is 0 Å². The minimum atomic E-state index is -1.55. The zero-order chi connectivity index (χ0) is 25.1. The molecule has 0 bridgehead atoms. The van der Waals surface area contributed by atoms with E-state index in [1.54, 1.807) is 48.5 Å². The Kier molecular flexibility index (Phi) is 11.3. The molecule has 10 nitrogen and oxygen atoms in total. The number of carboxylic acid groups (broad SMARTS) is 2. The molecule has 0 spiro atoms. The molecule has 0 fully saturated rings. The second-order valence-electron chi connectivity index (χ2n) is 6.84. The Balaban J connectivity index is 2.12. The van der Waals surface area contributed by atoms with Crippen molar-refractivity contribution in [1.82, 2.24) is 5.32 Å². The number of rotatable bonds is 13. The van der Waals surface area contributed by atoms with E-state index in [0.29, 0.717) is 20.0 Å². The van der Waals surface area contributed by atoms with E-state index >= 15 is 0 Å². The van der Waals surface area contributed by atoms with Gasteiger partial charge in [0.25, 0.3) is 0 Å². The van der Waals surface area contributed by atoms with Gasteiger partial charge in [-0.3, -0.25) is 4.79 Å². The standard InChI is InChI=1S/C21H20As2N2O8S/c26-17(24-16(21(30)31)11-18(27)28)9-10-34-19(12-5-7-13(22-32)8-6-12)20(29)25-15-4-2-1-3-14(15)23-33/h1-8,16,19H,9-11H2,(H,24,26)(H,25,29)(H,27,28)(H,30,31)/t16-,19?/m0/s1. The number of anilines is 1. The van der Waals surface area contributed by atoms with Crippen molar-refractivity contribution in [2.24, 2.45) is 0 Å². The topological polar surface area (TPSA) is 167 Å². The first-order valence-electron chi connectivity index (χ1n) is 9.77. The summed E-state index contributed by atoms with van der Waals surface area (Å²) in [6.45, 7) is 0. The van der Waals surface area contributed by atoms with Crippen LogP contribution in [0.5, 0.6) is 0 Å². The van der Waals surface area contributed by atoms with Crippen molar-refractivity contribution in [3.63, 3.8) is 0 Å². The van der Waals surface area contributed by atoms with Gasteiger partial charge >= 0.3 is 193 Å². The molecule has 4 N–H and O–H groups in total. The Morgan fingerprint density at radius 2 is 1.62 bits per heavy atom. The fraction of sp³-hybridized carbons (Fsp3) is 0.238. The van der Waals surface area contributed by atoms with E-state index in [1.807, 2.05) is 0 Å². The molecule has 0 aliphatic rings. The van der Waals surface area contributed by atoms with Crippen molar-refractivity contribution in [3.05, 3.63) is 54.1 Å². The van der Waals surface area contributed by atoms with E-state index < -0.39 is 72.8 Å². The molecule has 0 radical (unpaired) electrons. The molecule has 2 amide bonds. The maximum atomic E-state index is 13.1. The summed E-state index contributed by atoms with van der Waals surface area (Å²) in [6.07, 6.45) is -0.905. The molecule has 2 aromatic rings. The number of carbonyl (C=O) groups is 4. The zero-order valence-electron chi connectivity index (χ0n) is 17.5. The number of carboxylic acids is 2. The number of amides is 2. The van der Waals surface area contributed by atoms with Gasteiger partial charge in [-0.25, -0.2) is 4.79 Å². The Bertz CT molecular complexity index is 1080. The molecule has 13 heteroatoms. The number of para-hydroxylation sites is 1. The van der Waals surface area contributed by atoms with Crippen molar-refractivity contribution in [3.8, 4) is 0 Å². The van der Waals surface area contributed by atoms with Crippen molar-refractivity contribution in [2.75, 3.05) is 11.1 Å². The number of hydrogen-bond acceptors (Lipinski definition) is 7. The summed E-state index contributed by atoms with van der Waals surface area (Å²) in [5, 5.41) is 22.0. The predicted molar refractivity (Wildman–Crippen MR) is 125 cm³/mol. The molecule has 2 aromatic carbocycles. The maximum absolute atomic E-state index is 13.1. The van der Waals surface area contributed by atoms with E-state index in [-0.39, 0.29) is 12.2 Å². The molecule has 0 saturated carbocycles. The van der Waals surface area contributed by atoms with Crippen LogP contribution in [0.4, 0.5) is 5.69 Å². The summed E-state index contributed by atoms with van der Waals surface area (Å²) in [7, 11) is 0. The quantitative estimate of drug-likeness (QED) is 0.226. The second kappa shape index (κ2) is 13.9. The molecule has 178 valence electrons. The van der Waals surface area contributed by atoms with Gasteiger partial charge in [0.15, 0.2) is 0 Å². The fourth-order valence-corrected chi connectivity index (χ4v) is 5.26. The van der Waals surface area contributed by atoms with Crippen molar-refractivity contribution >= 4 is 81.3 Å². The molecule has 0 aromatic heterocycles. The van der Waals surface area contributed by atoms with Crippen LogP contribution in [0.2, 0.25) is 0 Å². The van der Waals surface area contributed by atoms with Crippen LogP contribution < -0.4 is 19.3 Å². The van der Waals surface area contributed by atoms with Gasteiger partial charge in [-0.1, -0.05) is 0 Å². The second-order valence-corrected chi connectivity index (χ2v) is 10.9. The molecule has 0 aliphatic carbocycles. The summed E-state index contributed by atoms with van der Waals surface area (Å²) < 4.78 is 23.8. The minimum absolute atomic E-state index is 0.133. The molecule has 1 unspecified atom stereocenters. The summed E-state index contributed by atoms with van der Waals surface area (Å²) >= 11 is -1.46. The van der Waals surface area contributed by atoms with Gasteiger partial charge in [-0.2, -0.15) is 0 Å². The third-order valence-electron chi connectivity index (χ3n) is 4.43. The number of nitrogens with one attached hydrogen (secondary N) is 2. The Morgan fingerprint density at radius 1 is 0.941 bits per heavy atom. The van der Waals surface area contributed by atoms with Crippen molar-refractivity contribution in [2.45, 2.75) is 24.1 Å². The fourth-order valence-electron chi connectivity index (χ4n) is 2.80. The summed E-state index contributed by atoms with van der Waals surface area (Å²) in [5.74, 6) is -3.76. The van der Waals surface area contributed by atoms with E-state index in [0.717, 1.165) is 11.8 Å². The third kappa shape index (κ3) is 8.63. The summed E-state index contributed by atoms with van der Waals surface area (Å²) in [5.41, 5.74) is 1.02. The average Bonchev–Trinajstić information content (AvgIpc) is 2.81. The normalized spacial score (nSPS) is 12.6. The SMILES string of the molecule is O=[As]c1ccc(C(SCCC(=O)N[C@@H](CC(=O)O)C(=O)O)C(=O)Nc2ccccc2[As]=O)cc1. The van der Waals surface area contributed by atoms with Crippen molar-refractivity contribution in [1.29, 1.82) is 0 Å². The van der Waals surface area contributed by atoms with E-state index in [4.69, 9.17) is 10.2 Å². The van der Waals surface area contributed by atoms with Crippen LogP contribution >= 0.6 is 11.8 Å². The van der Waals surface area contributed by atoms with Crippen LogP contribution in [0.15, 0.2) is 48.5 Å². The molecule has 0 heterocycles. The number of hydrogen-bond donors (Lipinski definition) is 4. The van der Waals surface area contributed by atoms with Gasteiger partial charge in [0.1, 0.15) is 0 Å². The van der Waals surface area contributed by atoms with Crippen LogP contribution in [-0.2, 0) is 26.7 Å². The number of thioether (sulfide) groups is 1. The van der Waals surface area contributed by atoms with Gasteiger partial charge in [0, 0.05) is 0 Å². The molecule has 0 saturated heterocycles. The van der Waals surface area contributed by atoms with E-state index in [2.05, 4.69) is 10.6 Å². The zero-order valence-corrected chi connectivity index (χ0v) is 22.1. The molecule has 0 aliphatic heterocycles. The summed E-state index contributed by atoms with van der Waals surface area (Å²) in [6, 6.07) is 11.8. The van der Waals surface area contributed by atoms with E-state index in [9.17, 15) is 26.7 Å². The molecule has 34 heavy (non-hydrogen) atoms. The van der Waals surface area contributed by atoms with Gasteiger partial charge < -0.3 is 10.2 Å². The summed E-state index contributed by atoms with van der Waals surface area (Å²) in [4.78, 5) is 47.1. The Morgan fingerprint density at radius 3 is 2.21 bits per heavy atom. The van der Waals surface area contributed by atoms with Gasteiger partial charge in [0.2, 0.25) is 0 Å². The van der Waals surface area contributed by atoms with Crippen molar-refractivity contribution < 1.29 is 36.9 Å². The number of aliphatic carboxylic acids is 2. The number of benzene rings is 2. The number of carbonyl (C=O) groups excluding carboxylic acids is 2. The first-order valence-corrected chi connectivity index (χ1v) is 14.2.